The summed E-state index contributed by atoms with van der Waals surface area (Å²) in [5, 5.41) is -0.200. The molecule has 0 aliphatic rings. The number of halogens is 5. The zero-order valence-electron chi connectivity index (χ0n) is 6.61. The molecule has 0 fully saturated rings. The molecule has 1 heterocycles. The van der Waals surface area contributed by atoms with E-state index in [1.807, 2.05) is 0 Å². The number of ether oxygens (including phenoxy) is 1. The minimum Gasteiger partial charge on any atom is -0.404 e. The number of aromatic nitrogens is 1. The second kappa shape index (κ2) is 4.00. The molecular formula is C7H4ClF4NO. The summed E-state index contributed by atoms with van der Waals surface area (Å²) in [4.78, 5) is 3.35. The lowest BCUT2D eigenvalue weighted by Gasteiger charge is -2.11. The molecule has 0 bridgehead atoms. The van der Waals surface area contributed by atoms with Gasteiger partial charge in [-0.2, -0.15) is 0 Å². The van der Waals surface area contributed by atoms with E-state index >= 15 is 0 Å². The summed E-state index contributed by atoms with van der Waals surface area (Å²) in [6.07, 6.45) is -3.08. The maximum atomic E-state index is 12.3. The van der Waals surface area contributed by atoms with Crippen LogP contribution in [0.5, 0.6) is 5.75 Å². The van der Waals surface area contributed by atoms with Crippen molar-refractivity contribution in [1.29, 1.82) is 0 Å². The summed E-state index contributed by atoms with van der Waals surface area (Å²) >= 11 is 5.41. The molecule has 0 aliphatic carbocycles. The van der Waals surface area contributed by atoms with Gasteiger partial charge < -0.3 is 4.74 Å². The number of hydrogen-bond acceptors (Lipinski definition) is 2. The highest BCUT2D eigenvalue weighted by molar-refractivity contribution is 6.31. The quantitative estimate of drug-likeness (QED) is 0.727. The standard InChI is InChI=1S/C7H4ClF4NO/c8-5-2-13-3-6(4(5)1-9)14-7(10,11)12/h2-3H,1H2. The van der Waals surface area contributed by atoms with Crippen LogP contribution in [-0.2, 0) is 6.67 Å². The van der Waals surface area contributed by atoms with E-state index in [0.29, 0.717) is 0 Å². The molecule has 1 aromatic heterocycles. The minimum absolute atomic E-state index is 0.200. The monoisotopic (exact) mass is 229 g/mol. The molecule has 0 amide bonds. The predicted octanol–water partition coefficient (Wildman–Crippen LogP) is 3.10. The van der Waals surface area contributed by atoms with Gasteiger partial charge in [-0.05, 0) is 0 Å². The molecule has 14 heavy (non-hydrogen) atoms. The van der Waals surface area contributed by atoms with Gasteiger partial charge in [0.25, 0.3) is 0 Å². The van der Waals surface area contributed by atoms with Crippen molar-refractivity contribution >= 4 is 11.6 Å². The molecule has 0 atom stereocenters. The fourth-order valence-corrected chi connectivity index (χ4v) is 0.986. The van der Waals surface area contributed by atoms with Crippen molar-refractivity contribution in [3.05, 3.63) is 23.0 Å². The summed E-state index contributed by atoms with van der Waals surface area (Å²) in [6, 6.07) is 0. The number of alkyl halides is 4. The molecule has 0 aromatic carbocycles. The molecule has 1 rings (SSSR count). The lowest BCUT2D eigenvalue weighted by Crippen LogP contribution is -2.18. The minimum atomic E-state index is -4.88. The van der Waals surface area contributed by atoms with Crippen molar-refractivity contribution in [2.24, 2.45) is 0 Å². The average molecular weight is 230 g/mol. The number of pyridine rings is 1. The van der Waals surface area contributed by atoms with E-state index in [4.69, 9.17) is 11.6 Å². The molecule has 0 spiro atoms. The van der Waals surface area contributed by atoms with Gasteiger partial charge in [-0.3, -0.25) is 4.98 Å². The fourth-order valence-electron chi connectivity index (χ4n) is 0.786. The van der Waals surface area contributed by atoms with Gasteiger partial charge in [0.2, 0.25) is 0 Å². The molecule has 0 radical (unpaired) electrons. The molecule has 0 aliphatic heterocycles. The van der Waals surface area contributed by atoms with E-state index < -0.39 is 18.8 Å². The average Bonchev–Trinajstić information content (AvgIpc) is 2.01. The first-order chi connectivity index (χ1) is 6.44. The highest BCUT2D eigenvalue weighted by atomic mass is 35.5. The summed E-state index contributed by atoms with van der Waals surface area (Å²) in [7, 11) is 0. The van der Waals surface area contributed by atoms with Crippen LogP contribution < -0.4 is 4.74 Å². The molecule has 1 aromatic rings. The maximum Gasteiger partial charge on any atom is 0.573 e. The zero-order chi connectivity index (χ0) is 10.8. The first-order valence-electron chi connectivity index (χ1n) is 3.38. The van der Waals surface area contributed by atoms with Crippen LogP contribution in [-0.4, -0.2) is 11.3 Å². The van der Waals surface area contributed by atoms with Crippen LogP contribution >= 0.6 is 11.6 Å². The molecule has 78 valence electrons. The van der Waals surface area contributed by atoms with E-state index in [-0.39, 0.29) is 10.6 Å². The highest BCUT2D eigenvalue weighted by Crippen LogP contribution is 2.30. The first kappa shape index (κ1) is 11.0. The number of rotatable bonds is 2. The lowest BCUT2D eigenvalue weighted by atomic mass is 10.3. The third kappa shape index (κ3) is 2.73. The van der Waals surface area contributed by atoms with Crippen LogP contribution in [0.3, 0.4) is 0 Å². The predicted molar refractivity (Wildman–Crippen MR) is 40.7 cm³/mol. The third-order valence-electron chi connectivity index (χ3n) is 1.32. The largest absolute Gasteiger partial charge is 0.573 e. The second-order valence-electron chi connectivity index (χ2n) is 2.28. The Morgan fingerprint density at radius 2 is 2.00 bits per heavy atom. The lowest BCUT2D eigenvalue weighted by molar-refractivity contribution is -0.275. The Balaban J connectivity index is 3.02. The van der Waals surface area contributed by atoms with E-state index in [1.54, 1.807) is 0 Å². The Bertz CT molecular complexity index is 328. The topological polar surface area (TPSA) is 22.1 Å². The Morgan fingerprint density at radius 1 is 1.36 bits per heavy atom. The van der Waals surface area contributed by atoms with Crippen molar-refractivity contribution in [1.82, 2.24) is 4.98 Å². The molecule has 0 unspecified atom stereocenters. The third-order valence-corrected chi connectivity index (χ3v) is 1.65. The Labute approximate surface area is 81.5 Å². The van der Waals surface area contributed by atoms with Crippen molar-refractivity contribution in [2.75, 3.05) is 0 Å². The van der Waals surface area contributed by atoms with Gasteiger partial charge in [0.15, 0.2) is 5.75 Å². The molecular weight excluding hydrogens is 226 g/mol. The van der Waals surface area contributed by atoms with Gasteiger partial charge in [0, 0.05) is 11.8 Å². The van der Waals surface area contributed by atoms with Gasteiger partial charge in [-0.15, -0.1) is 13.2 Å². The van der Waals surface area contributed by atoms with Crippen LogP contribution in [0.25, 0.3) is 0 Å². The van der Waals surface area contributed by atoms with E-state index in [1.165, 1.54) is 0 Å². The molecule has 0 saturated heterocycles. The fraction of sp³-hybridized carbons (Fsp3) is 0.286. The van der Waals surface area contributed by atoms with Crippen LogP contribution in [0.4, 0.5) is 17.6 Å². The van der Waals surface area contributed by atoms with Crippen molar-refractivity contribution < 1.29 is 22.3 Å². The Kier molecular flexibility index (Phi) is 3.15. The summed E-state index contributed by atoms with van der Waals surface area (Å²) in [5.74, 6) is -0.715. The molecule has 7 heteroatoms. The van der Waals surface area contributed by atoms with Crippen LogP contribution in [0.1, 0.15) is 5.56 Å². The van der Waals surface area contributed by atoms with E-state index in [9.17, 15) is 17.6 Å². The van der Waals surface area contributed by atoms with Crippen molar-refractivity contribution in [3.8, 4) is 5.75 Å². The van der Waals surface area contributed by atoms with E-state index in [2.05, 4.69) is 9.72 Å². The van der Waals surface area contributed by atoms with Gasteiger partial charge in [0.05, 0.1) is 11.2 Å². The number of hydrogen-bond donors (Lipinski definition) is 0. The van der Waals surface area contributed by atoms with Crippen LogP contribution in [0, 0.1) is 0 Å². The van der Waals surface area contributed by atoms with E-state index in [0.717, 1.165) is 12.4 Å². The van der Waals surface area contributed by atoms with Crippen molar-refractivity contribution in [3.63, 3.8) is 0 Å². The van der Waals surface area contributed by atoms with Gasteiger partial charge in [-0.25, -0.2) is 4.39 Å². The first-order valence-corrected chi connectivity index (χ1v) is 3.76. The summed E-state index contributed by atoms with van der Waals surface area (Å²) in [6.45, 7) is -1.15. The maximum absolute atomic E-state index is 12.3. The summed E-state index contributed by atoms with van der Waals surface area (Å²) in [5.41, 5.74) is -0.362. The van der Waals surface area contributed by atoms with Gasteiger partial charge >= 0.3 is 6.36 Å². The molecule has 0 saturated carbocycles. The Morgan fingerprint density at radius 3 is 2.50 bits per heavy atom. The molecule has 2 nitrogen and oxygen atoms in total. The van der Waals surface area contributed by atoms with Gasteiger partial charge in [0.1, 0.15) is 6.67 Å². The Hall–Kier alpha value is -1.04. The normalized spacial score (nSPS) is 11.5. The highest BCUT2D eigenvalue weighted by Gasteiger charge is 2.32. The smallest absolute Gasteiger partial charge is 0.404 e. The summed E-state index contributed by atoms with van der Waals surface area (Å²) < 4.78 is 51.1. The molecule has 0 N–H and O–H groups in total. The van der Waals surface area contributed by atoms with Gasteiger partial charge in [-0.1, -0.05) is 11.6 Å². The van der Waals surface area contributed by atoms with Crippen LogP contribution in [0.15, 0.2) is 12.4 Å². The van der Waals surface area contributed by atoms with Crippen LogP contribution in [0.2, 0.25) is 5.02 Å². The SMILES string of the molecule is FCc1c(Cl)cncc1OC(F)(F)F. The zero-order valence-corrected chi connectivity index (χ0v) is 7.36. The number of nitrogens with zero attached hydrogens (tertiary/aromatic N) is 1. The second-order valence-corrected chi connectivity index (χ2v) is 2.69. The van der Waals surface area contributed by atoms with Crippen molar-refractivity contribution in [2.45, 2.75) is 13.0 Å².